The lowest BCUT2D eigenvalue weighted by Gasteiger charge is -2.33. The Labute approximate surface area is 157 Å². The van der Waals surface area contributed by atoms with E-state index >= 15 is 0 Å². The van der Waals surface area contributed by atoms with Crippen LogP contribution in [0.1, 0.15) is 23.7 Å². The minimum atomic E-state index is -4.14. The quantitative estimate of drug-likeness (QED) is 0.711. The highest BCUT2D eigenvalue weighted by Gasteiger charge is 2.44. The number of hydrogen-bond acceptors (Lipinski definition) is 7. The van der Waals surface area contributed by atoms with Crippen LogP contribution in [0, 0.1) is 0 Å². The van der Waals surface area contributed by atoms with E-state index in [1.54, 1.807) is 0 Å². The lowest BCUT2D eigenvalue weighted by atomic mass is 10.2. The molecule has 10 heteroatoms. The van der Waals surface area contributed by atoms with E-state index in [0.29, 0.717) is 24.0 Å². The summed E-state index contributed by atoms with van der Waals surface area (Å²) in [7, 11) is -1.37. The molecule has 0 saturated carbocycles. The first-order valence-electron chi connectivity index (χ1n) is 8.56. The first kappa shape index (κ1) is 19.4. The highest BCUT2D eigenvalue weighted by molar-refractivity contribution is 7.90. The number of rotatable bonds is 5. The fraction of sp³-hybridized carbons (Fsp3) is 0.529. The third kappa shape index (κ3) is 3.34. The molecular weight excluding hydrogens is 376 g/mol. The van der Waals surface area contributed by atoms with Gasteiger partial charge in [-0.3, -0.25) is 9.59 Å². The van der Waals surface area contributed by atoms with Crippen LogP contribution in [0.5, 0.6) is 11.5 Å². The molecule has 9 nitrogen and oxygen atoms in total. The average Bonchev–Trinajstić information content (AvgIpc) is 2.86. The van der Waals surface area contributed by atoms with Gasteiger partial charge in [0.05, 0.1) is 32.5 Å². The molecule has 3 rings (SSSR count). The van der Waals surface area contributed by atoms with Crippen molar-refractivity contribution in [2.75, 3.05) is 40.5 Å². The van der Waals surface area contributed by atoms with Crippen LogP contribution in [-0.4, -0.2) is 76.0 Å². The van der Waals surface area contributed by atoms with E-state index in [0.717, 1.165) is 6.42 Å². The van der Waals surface area contributed by atoms with Crippen molar-refractivity contribution in [1.29, 1.82) is 0 Å². The number of morpholine rings is 1. The summed E-state index contributed by atoms with van der Waals surface area (Å²) in [6.07, 6.45) is 0.662. The molecule has 0 N–H and O–H groups in total. The van der Waals surface area contributed by atoms with Gasteiger partial charge in [0.2, 0.25) is 5.91 Å². The van der Waals surface area contributed by atoms with Crippen LogP contribution in [0.15, 0.2) is 17.0 Å². The van der Waals surface area contributed by atoms with Crippen molar-refractivity contribution < 1.29 is 32.2 Å². The Morgan fingerprint density at radius 1 is 1.26 bits per heavy atom. The molecule has 0 aliphatic carbocycles. The van der Waals surface area contributed by atoms with E-state index in [9.17, 15) is 18.0 Å². The summed E-state index contributed by atoms with van der Waals surface area (Å²) >= 11 is 0. The Bertz CT molecular complexity index is 868. The van der Waals surface area contributed by atoms with Crippen molar-refractivity contribution in [1.82, 2.24) is 9.21 Å². The van der Waals surface area contributed by atoms with E-state index < -0.39 is 28.4 Å². The minimum Gasteiger partial charge on any atom is -0.493 e. The van der Waals surface area contributed by atoms with Gasteiger partial charge < -0.3 is 19.1 Å². The zero-order chi connectivity index (χ0) is 19.8. The summed E-state index contributed by atoms with van der Waals surface area (Å²) in [5.74, 6) is -0.744. The molecule has 0 spiro atoms. The van der Waals surface area contributed by atoms with Crippen LogP contribution < -0.4 is 9.47 Å². The second kappa shape index (κ2) is 7.35. The number of amides is 2. The predicted molar refractivity (Wildman–Crippen MR) is 94.4 cm³/mol. The van der Waals surface area contributed by atoms with Gasteiger partial charge in [-0.15, -0.1) is 0 Å². The van der Waals surface area contributed by atoms with Crippen LogP contribution in [0.2, 0.25) is 0 Å². The second-order valence-electron chi connectivity index (χ2n) is 6.26. The van der Waals surface area contributed by atoms with Gasteiger partial charge in [0.15, 0.2) is 11.5 Å². The Morgan fingerprint density at radius 3 is 2.56 bits per heavy atom. The largest absolute Gasteiger partial charge is 0.493 e. The van der Waals surface area contributed by atoms with Crippen LogP contribution in [0.4, 0.5) is 0 Å². The molecule has 2 amide bonds. The van der Waals surface area contributed by atoms with Gasteiger partial charge in [-0.1, -0.05) is 6.92 Å². The number of ether oxygens (including phenoxy) is 3. The molecule has 148 valence electrons. The number of benzene rings is 1. The Kier molecular flexibility index (Phi) is 5.29. The number of methoxy groups -OCH3 is 2. The highest BCUT2D eigenvalue weighted by Crippen LogP contribution is 2.38. The van der Waals surface area contributed by atoms with Gasteiger partial charge in [-0.05, 0) is 12.5 Å². The number of sulfonamides is 1. The Morgan fingerprint density at radius 2 is 1.93 bits per heavy atom. The van der Waals surface area contributed by atoms with Gasteiger partial charge in [0.1, 0.15) is 11.4 Å². The zero-order valence-electron chi connectivity index (χ0n) is 15.4. The summed E-state index contributed by atoms with van der Waals surface area (Å²) in [5.41, 5.74) is -0.0335. The molecule has 0 radical (unpaired) electrons. The fourth-order valence-corrected chi connectivity index (χ4v) is 4.69. The van der Waals surface area contributed by atoms with E-state index in [1.165, 1.54) is 31.3 Å². The second-order valence-corrected chi connectivity index (χ2v) is 8.09. The van der Waals surface area contributed by atoms with Gasteiger partial charge in [-0.25, -0.2) is 12.7 Å². The summed E-state index contributed by atoms with van der Waals surface area (Å²) in [6.45, 7) is 2.54. The molecule has 0 unspecified atom stereocenters. The fourth-order valence-electron chi connectivity index (χ4n) is 3.18. The van der Waals surface area contributed by atoms with Gasteiger partial charge in [-0.2, -0.15) is 0 Å². The molecular formula is C17H22N2O7S. The lowest BCUT2D eigenvalue weighted by Crippen LogP contribution is -2.49. The normalized spacial score (nSPS) is 21.1. The molecule has 2 aliphatic rings. The maximum absolute atomic E-state index is 12.8. The summed E-state index contributed by atoms with van der Waals surface area (Å²) in [6, 6.07) is 2.56. The molecule has 1 fully saturated rings. The molecule has 1 aromatic rings. The maximum Gasteiger partial charge on any atom is 0.269 e. The average molecular weight is 398 g/mol. The lowest BCUT2D eigenvalue weighted by molar-refractivity contribution is -0.138. The number of hydrogen-bond donors (Lipinski definition) is 0. The third-order valence-corrected chi connectivity index (χ3v) is 6.51. The molecule has 1 saturated heterocycles. The number of fused-ring (bicyclic) bond motifs is 1. The molecule has 2 aliphatic heterocycles. The van der Waals surface area contributed by atoms with Crippen LogP contribution in [0.3, 0.4) is 0 Å². The molecule has 0 aromatic heterocycles. The van der Waals surface area contributed by atoms with Crippen molar-refractivity contribution in [2.45, 2.75) is 24.3 Å². The number of nitrogens with zero attached hydrogens (tertiary/aromatic N) is 2. The summed E-state index contributed by atoms with van der Waals surface area (Å²) in [4.78, 5) is 26.6. The summed E-state index contributed by atoms with van der Waals surface area (Å²) < 4.78 is 42.0. The maximum atomic E-state index is 12.8. The number of carbonyl (C=O) groups is 2. The first-order chi connectivity index (χ1) is 12.8. The van der Waals surface area contributed by atoms with Crippen molar-refractivity contribution in [3.8, 4) is 11.5 Å². The standard InChI is InChI=1S/C17H22N2O7S/c1-4-11-9-18(5-6-26-11)16(20)10-19-17(21)12-7-13(24-2)14(25-3)8-15(12)27(19,22)23/h7-8,11H,4-6,9-10H2,1-3H3/t11-/m0/s1. The monoisotopic (exact) mass is 398 g/mol. The number of carbonyl (C=O) groups excluding carboxylic acids is 2. The molecule has 1 aromatic carbocycles. The zero-order valence-corrected chi connectivity index (χ0v) is 16.2. The first-order valence-corrected chi connectivity index (χ1v) is 10.00. The smallest absolute Gasteiger partial charge is 0.269 e. The molecule has 2 heterocycles. The van der Waals surface area contributed by atoms with Crippen LogP contribution in [-0.2, 0) is 19.6 Å². The molecule has 1 atom stereocenters. The van der Waals surface area contributed by atoms with Gasteiger partial charge in [0, 0.05) is 19.2 Å². The Hall–Kier alpha value is -2.33. The predicted octanol–water partition coefficient (Wildman–Crippen LogP) is 0.486. The van der Waals surface area contributed by atoms with Crippen molar-refractivity contribution in [2.24, 2.45) is 0 Å². The summed E-state index contributed by atoms with van der Waals surface area (Å²) in [5, 5.41) is 0. The van der Waals surface area contributed by atoms with Gasteiger partial charge in [0.25, 0.3) is 15.9 Å². The van der Waals surface area contributed by atoms with Gasteiger partial charge >= 0.3 is 0 Å². The SMILES string of the molecule is CC[C@H]1CN(C(=O)CN2C(=O)c3cc(OC)c(OC)cc3S2(=O)=O)CCO1. The Balaban J connectivity index is 1.87. The molecule has 27 heavy (non-hydrogen) atoms. The van der Waals surface area contributed by atoms with Crippen molar-refractivity contribution in [3.05, 3.63) is 17.7 Å². The van der Waals surface area contributed by atoms with Crippen LogP contribution in [0.25, 0.3) is 0 Å². The van der Waals surface area contributed by atoms with E-state index in [4.69, 9.17) is 14.2 Å². The topological polar surface area (TPSA) is 102 Å². The van der Waals surface area contributed by atoms with Crippen molar-refractivity contribution in [3.63, 3.8) is 0 Å². The minimum absolute atomic E-state index is 0.0335. The third-order valence-electron chi connectivity index (χ3n) is 4.74. The van der Waals surface area contributed by atoms with E-state index in [-0.39, 0.29) is 28.1 Å². The molecule has 0 bridgehead atoms. The van der Waals surface area contributed by atoms with Crippen LogP contribution >= 0.6 is 0 Å². The van der Waals surface area contributed by atoms with Crippen molar-refractivity contribution >= 4 is 21.8 Å². The highest BCUT2D eigenvalue weighted by atomic mass is 32.2. The van der Waals surface area contributed by atoms with E-state index in [1.807, 2.05) is 6.92 Å². The van der Waals surface area contributed by atoms with E-state index in [2.05, 4.69) is 0 Å².